The first-order valence-electron chi connectivity index (χ1n) is 7.51. The molecule has 3 N–H and O–H groups in total. The number of rotatable bonds is 4. The van der Waals surface area contributed by atoms with E-state index in [2.05, 4.69) is 15.0 Å². The first-order chi connectivity index (χ1) is 11.0. The second kappa shape index (κ2) is 6.06. The third kappa shape index (κ3) is 3.61. The van der Waals surface area contributed by atoms with E-state index in [1.165, 1.54) is 4.57 Å². The highest BCUT2D eigenvalue weighted by Crippen LogP contribution is 2.16. The Bertz CT molecular complexity index is 857. The Hall–Kier alpha value is -2.71. The van der Waals surface area contributed by atoms with Crippen LogP contribution in [-0.4, -0.2) is 36.9 Å². The van der Waals surface area contributed by atoms with Gasteiger partial charge in [0, 0.05) is 5.92 Å². The Labute approximate surface area is 138 Å². The number of hydrogen-bond acceptors (Lipinski definition) is 7. The van der Waals surface area contributed by atoms with Crippen LogP contribution in [0.3, 0.4) is 0 Å². The lowest BCUT2D eigenvalue weighted by Crippen LogP contribution is -2.28. The molecule has 2 heterocycles. The van der Waals surface area contributed by atoms with Crippen molar-refractivity contribution in [2.45, 2.75) is 46.8 Å². The third-order valence-electron chi connectivity index (χ3n) is 3.08. The van der Waals surface area contributed by atoms with Crippen LogP contribution < -0.4 is 11.3 Å². The average molecular weight is 335 g/mol. The summed E-state index contributed by atoms with van der Waals surface area (Å²) in [4.78, 5) is 46.9. The van der Waals surface area contributed by atoms with E-state index >= 15 is 0 Å². The molecule has 0 aliphatic carbocycles. The number of fused-ring (bicyclic) bond motifs is 1. The maximum atomic E-state index is 12.4. The summed E-state index contributed by atoms with van der Waals surface area (Å²) in [5, 5.41) is 0. The van der Waals surface area contributed by atoms with Crippen molar-refractivity contribution in [1.29, 1.82) is 0 Å². The molecule has 2 rings (SSSR count). The van der Waals surface area contributed by atoms with E-state index in [-0.39, 0.29) is 41.2 Å². The SMILES string of the molecule is CC(C)C(=O)c1nc2c(=O)[nH]c(N)nc2n1CC(=O)OC(C)(C)C. The molecule has 0 aliphatic heterocycles. The molecule has 0 aliphatic rings. The van der Waals surface area contributed by atoms with Crippen molar-refractivity contribution in [3.8, 4) is 0 Å². The van der Waals surface area contributed by atoms with Crippen LogP contribution in [0.1, 0.15) is 45.2 Å². The number of carbonyl (C=O) groups is 2. The van der Waals surface area contributed by atoms with Gasteiger partial charge in [-0.25, -0.2) is 4.98 Å². The van der Waals surface area contributed by atoms with E-state index in [0.29, 0.717) is 0 Å². The molecule has 2 aromatic heterocycles. The van der Waals surface area contributed by atoms with Gasteiger partial charge in [-0.2, -0.15) is 4.98 Å². The van der Waals surface area contributed by atoms with Crippen LogP contribution in [0.2, 0.25) is 0 Å². The topological polar surface area (TPSA) is 133 Å². The van der Waals surface area contributed by atoms with Crippen molar-refractivity contribution in [3.63, 3.8) is 0 Å². The van der Waals surface area contributed by atoms with Gasteiger partial charge in [-0.1, -0.05) is 13.8 Å². The number of H-pyrrole nitrogens is 1. The molecule has 0 radical (unpaired) electrons. The van der Waals surface area contributed by atoms with Crippen LogP contribution in [0.15, 0.2) is 4.79 Å². The van der Waals surface area contributed by atoms with Gasteiger partial charge in [0.1, 0.15) is 12.1 Å². The largest absolute Gasteiger partial charge is 0.459 e. The highest BCUT2D eigenvalue weighted by Gasteiger charge is 2.26. The van der Waals surface area contributed by atoms with Crippen LogP contribution in [-0.2, 0) is 16.1 Å². The third-order valence-corrected chi connectivity index (χ3v) is 3.08. The minimum absolute atomic E-state index is 0.0190. The maximum Gasteiger partial charge on any atom is 0.326 e. The highest BCUT2D eigenvalue weighted by molar-refractivity contribution is 5.97. The minimum atomic E-state index is -0.681. The fourth-order valence-corrected chi connectivity index (χ4v) is 2.13. The van der Waals surface area contributed by atoms with Crippen molar-refractivity contribution in [2.24, 2.45) is 5.92 Å². The number of anilines is 1. The van der Waals surface area contributed by atoms with E-state index < -0.39 is 17.1 Å². The van der Waals surface area contributed by atoms with Crippen LogP contribution in [0.25, 0.3) is 11.2 Å². The number of Topliss-reactive ketones (excluding diaryl/α,β-unsaturated/α-hetero) is 1. The quantitative estimate of drug-likeness (QED) is 0.626. The zero-order valence-electron chi connectivity index (χ0n) is 14.3. The number of ketones is 1. The van der Waals surface area contributed by atoms with Gasteiger partial charge in [-0.05, 0) is 20.8 Å². The van der Waals surface area contributed by atoms with Gasteiger partial charge in [0.25, 0.3) is 5.56 Å². The second-order valence-corrected chi connectivity index (χ2v) is 6.75. The van der Waals surface area contributed by atoms with Gasteiger partial charge in [0.2, 0.25) is 11.7 Å². The Kier molecular flexibility index (Phi) is 4.46. The number of nitrogens with zero attached hydrogens (tertiary/aromatic N) is 3. The van der Waals surface area contributed by atoms with Gasteiger partial charge in [0.05, 0.1) is 0 Å². The fourth-order valence-electron chi connectivity index (χ4n) is 2.13. The van der Waals surface area contributed by atoms with Crippen LogP contribution in [0, 0.1) is 5.92 Å². The minimum Gasteiger partial charge on any atom is -0.459 e. The van der Waals surface area contributed by atoms with Crippen molar-refractivity contribution < 1.29 is 14.3 Å². The number of hydrogen-bond donors (Lipinski definition) is 2. The summed E-state index contributed by atoms with van der Waals surface area (Å²) < 4.78 is 6.55. The molecule has 9 nitrogen and oxygen atoms in total. The number of aromatic amines is 1. The monoisotopic (exact) mass is 335 g/mol. The molecular weight excluding hydrogens is 314 g/mol. The van der Waals surface area contributed by atoms with Crippen LogP contribution in [0.5, 0.6) is 0 Å². The summed E-state index contributed by atoms with van der Waals surface area (Å²) in [6.07, 6.45) is 0. The zero-order valence-corrected chi connectivity index (χ0v) is 14.3. The molecule has 0 saturated heterocycles. The smallest absolute Gasteiger partial charge is 0.326 e. The van der Waals surface area contributed by atoms with E-state index in [0.717, 1.165) is 0 Å². The molecule has 0 saturated carbocycles. The van der Waals surface area contributed by atoms with Crippen LogP contribution >= 0.6 is 0 Å². The fraction of sp³-hybridized carbons (Fsp3) is 0.533. The van der Waals surface area contributed by atoms with Gasteiger partial charge < -0.3 is 10.5 Å². The normalized spacial score (nSPS) is 11.9. The molecule has 0 atom stereocenters. The van der Waals surface area contributed by atoms with Crippen molar-refractivity contribution in [2.75, 3.05) is 5.73 Å². The van der Waals surface area contributed by atoms with E-state index in [1.54, 1.807) is 34.6 Å². The predicted octanol–water partition coefficient (Wildman–Crippen LogP) is 0.882. The summed E-state index contributed by atoms with van der Waals surface area (Å²) in [6.45, 7) is 8.31. The number of nitrogens with two attached hydrogens (primary N) is 1. The molecule has 0 fully saturated rings. The van der Waals surface area contributed by atoms with Crippen molar-refractivity contribution in [1.82, 2.24) is 19.5 Å². The van der Waals surface area contributed by atoms with Crippen molar-refractivity contribution >= 4 is 28.9 Å². The Morgan fingerprint density at radius 3 is 2.46 bits per heavy atom. The lowest BCUT2D eigenvalue weighted by atomic mass is 10.1. The highest BCUT2D eigenvalue weighted by atomic mass is 16.6. The van der Waals surface area contributed by atoms with Gasteiger partial charge >= 0.3 is 5.97 Å². The number of esters is 1. The van der Waals surface area contributed by atoms with E-state index in [9.17, 15) is 14.4 Å². The van der Waals surface area contributed by atoms with Gasteiger partial charge in [0.15, 0.2) is 17.0 Å². The molecule has 0 amide bonds. The molecule has 0 unspecified atom stereocenters. The molecular formula is C15H21N5O4. The molecule has 2 aromatic rings. The summed E-state index contributed by atoms with van der Waals surface area (Å²) in [6, 6.07) is 0. The molecule has 0 spiro atoms. The number of aromatic nitrogens is 4. The average Bonchev–Trinajstić information content (AvgIpc) is 2.74. The number of carbonyl (C=O) groups excluding carboxylic acids is 2. The Balaban J connectivity index is 2.60. The van der Waals surface area contributed by atoms with Crippen molar-refractivity contribution in [3.05, 3.63) is 16.2 Å². The van der Waals surface area contributed by atoms with E-state index in [4.69, 9.17) is 10.5 Å². The summed E-state index contributed by atoms with van der Waals surface area (Å²) in [5.41, 5.74) is 4.34. The maximum absolute atomic E-state index is 12.4. The molecule has 0 aromatic carbocycles. The summed E-state index contributed by atoms with van der Waals surface area (Å²) in [5.74, 6) is -1.39. The summed E-state index contributed by atoms with van der Waals surface area (Å²) in [7, 11) is 0. The summed E-state index contributed by atoms with van der Waals surface area (Å²) >= 11 is 0. The number of imidazole rings is 1. The number of ether oxygens (including phenoxy) is 1. The molecule has 9 heteroatoms. The lowest BCUT2D eigenvalue weighted by Gasteiger charge is -2.20. The van der Waals surface area contributed by atoms with E-state index in [1.807, 2.05) is 0 Å². The molecule has 130 valence electrons. The lowest BCUT2D eigenvalue weighted by molar-refractivity contribution is -0.155. The Morgan fingerprint density at radius 1 is 1.29 bits per heavy atom. The van der Waals surface area contributed by atoms with Gasteiger partial charge in [-0.3, -0.25) is 23.9 Å². The van der Waals surface area contributed by atoms with Crippen LogP contribution in [0.4, 0.5) is 5.95 Å². The number of nitrogens with one attached hydrogen (secondary N) is 1. The molecule has 0 bridgehead atoms. The first-order valence-corrected chi connectivity index (χ1v) is 7.51. The predicted molar refractivity (Wildman–Crippen MR) is 87.6 cm³/mol. The molecule has 24 heavy (non-hydrogen) atoms. The standard InChI is InChI=1S/C15H21N5O4/c1-7(2)10(22)12-17-9-11(18-14(16)19-13(9)23)20(12)6-8(21)24-15(3,4)5/h7H,6H2,1-5H3,(H3,16,18,19,23). The zero-order chi connectivity index (χ0) is 18.2. The van der Waals surface area contributed by atoms with Gasteiger partial charge in [-0.15, -0.1) is 0 Å². The number of nitrogen functional groups attached to an aromatic ring is 1. The Morgan fingerprint density at radius 2 is 1.92 bits per heavy atom. The second-order valence-electron chi connectivity index (χ2n) is 6.75. The first kappa shape index (κ1) is 17.6.